The van der Waals surface area contributed by atoms with E-state index in [0.29, 0.717) is 55.5 Å². The normalized spacial score (nSPS) is 15.2. The van der Waals surface area contributed by atoms with Gasteiger partial charge in [0.2, 0.25) is 6.79 Å². The van der Waals surface area contributed by atoms with Crippen LogP contribution in [0, 0.1) is 0 Å². The molecule has 8 heteroatoms. The van der Waals surface area contributed by atoms with Gasteiger partial charge in [0.15, 0.2) is 11.5 Å². The third-order valence-electron chi connectivity index (χ3n) is 4.93. The van der Waals surface area contributed by atoms with Crippen LogP contribution in [0.2, 0.25) is 0 Å². The Bertz CT molecular complexity index is 909. The number of benzene rings is 2. The second-order valence-electron chi connectivity index (χ2n) is 6.71. The zero-order chi connectivity index (χ0) is 20.2. The Morgan fingerprint density at radius 1 is 1.03 bits per heavy atom. The SMILES string of the molecule is CCOC(=O)c1ccccc1N1CCN(C(=O)Nc2ccc3c(c2)OCO3)CC1. The van der Waals surface area contributed by atoms with Gasteiger partial charge in [-0.2, -0.15) is 0 Å². The van der Waals surface area contributed by atoms with E-state index in [2.05, 4.69) is 10.2 Å². The molecule has 0 radical (unpaired) electrons. The molecule has 4 rings (SSSR count). The first-order valence-electron chi connectivity index (χ1n) is 9.62. The van der Waals surface area contributed by atoms with Crippen molar-refractivity contribution in [2.24, 2.45) is 0 Å². The monoisotopic (exact) mass is 397 g/mol. The van der Waals surface area contributed by atoms with E-state index in [4.69, 9.17) is 14.2 Å². The fourth-order valence-corrected chi connectivity index (χ4v) is 3.46. The van der Waals surface area contributed by atoms with Crippen molar-refractivity contribution in [2.75, 3.05) is 49.8 Å². The topological polar surface area (TPSA) is 80.3 Å². The van der Waals surface area contributed by atoms with Crippen LogP contribution in [0.4, 0.5) is 16.2 Å². The van der Waals surface area contributed by atoms with Gasteiger partial charge in [-0.15, -0.1) is 0 Å². The molecule has 1 fully saturated rings. The summed E-state index contributed by atoms with van der Waals surface area (Å²) in [6, 6.07) is 12.6. The number of carbonyl (C=O) groups excluding carboxylic acids is 2. The number of urea groups is 1. The van der Waals surface area contributed by atoms with E-state index in [9.17, 15) is 9.59 Å². The van der Waals surface area contributed by atoms with Crippen LogP contribution in [-0.4, -0.2) is 56.5 Å². The summed E-state index contributed by atoms with van der Waals surface area (Å²) in [6.45, 7) is 4.68. The van der Waals surface area contributed by atoms with Crippen molar-refractivity contribution in [2.45, 2.75) is 6.92 Å². The lowest BCUT2D eigenvalue weighted by Crippen LogP contribution is -2.50. The highest BCUT2D eigenvalue weighted by molar-refractivity contribution is 5.96. The van der Waals surface area contributed by atoms with Gasteiger partial charge in [0, 0.05) is 37.9 Å². The largest absolute Gasteiger partial charge is 0.462 e. The maximum absolute atomic E-state index is 12.6. The summed E-state index contributed by atoms with van der Waals surface area (Å²) >= 11 is 0. The first-order chi connectivity index (χ1) is 14.2. The molecule has 8 nitrogen and oxygen atoms in total. The quantitative estimate of drug-likeness (QED) is 0.799. The lowest BCUT2D eigenvalue weighted by molar-refractivity contribution is 0.0527. The van der Waals surface area contributed by atoms with Gasteiger partial charge in [-0.1, -0.05) is 12.1 Å². The molecule has 1 saturated heterocycles. The summed E-state index contributed by atoms with van der Waals surface area (Å²) in [7, 11) is 0. The van der Waals surface area contributed by atoms with E-state index < -0.39 is 0 Å². The van der Waals surface area contributed by atoms with Crippen LogP contribution in [-0.2, 0) is 4.74 Å². The van der Waals surface area contributed by atoms with Gasteiger partial charge in [-0.3, -0.25) is 0 Å². The Morgan fingerprint density at radius 2 is 1.79 bits per heavy atom. The number of rotatable bonds is 4. The fraction of sp³-hybridized carbons (Fsp3) is 0.333. The van der Waals surface area contributed by atoms with Crippen molar-refractivity contribution in [3.63, 3.8) is 0 Å². The Morgan fingerprint density at radius 3 is 2.59 bits per heavy atom. The Labute approximate surface area is 168 Å². The molecule has 0 saturated carbocycles. The summed E-state index contributed by atoms with van der Waals surface area (Å²) in [5.41, 5.74) is 2.05. The maximum Gasteiger partial charge on any atom is 0.340 e. The van der Waals surface area contributed by atoms with Crippen LogP contribution in [0.15, 0.2) is 42.5 Å². The minimum Gasteiger partial charge on any atom is -0.462 e. The number of nitrogens with zero attached hydrogens (tertiary/aromatic N) is 2. The summed E-state index contributed by atoms with van der Waals surface area (Å²) in [4.78, 5) is 28.7. The number of fused-ring (bicyclic) bond motifs is 1. The summed E-state index contributed by atoms with van der Waals surface area (Å²) in [5.74, 6) is 0.978. The molecule has 29 heavy (non-hydrogen) atoms. The van der Waals surface area contributed by atoms with E-state index in [1.807, 2.05) is 18.2 Å². The number of amides is 2. The molecule has 2 aromatic carbocycles. The Balaban J connectivity index is 1.37. The molecule has 0 bridgehead atoms. The Kier molecular flexibility index (Phi) is 5.41. The fourth-order valence-electron chi connectivity index (χ4n) is 3.46. The number of anilines is 2. The number of carbonyl (C=O) groups is 2. The maximum atomic E-state index is 12.6. The van der Waals surface area contributed by atoms with Crippen LogP contribution >= 0.6 is 0 Å². The van der Waals surface area contributed by atoms with Crippen molar-refractivity contribution < 1.29 is 23.8 Å². The molecule has 152 valence electrons. The van der Waals surface area contributed by atoms with Crippen molar-refractivity contribution in [1.82, 2.24) is 4.90 Å². The molecule has 0 aromatic heterocycles. The molecule has 2 aliphatic rings. The molecule has 2 aromatic rings. The van der Waals surface area contributed by atoms with Gasteiger partial charge >= 0.3 is 12.0 Å². The van der Waals surface area contributed by atoms with Crippen LogP contribution in [0.1, 0.15) is 17.3 Å². The van der Waals surface area contributed by atoms with Crippen molar-refractivity contribution in [1.29, 1.82) is 0 Å². The molecule has 0 aliphatic carbocycles. The average Bonchev–Trinajstić information content (AvgIpc) is 3.22. The highest BCUT2D eigenvalue weighted by Crippen LogP contribution is 2.34. The predicted octanol–water partition coefficient (Wildman–Crippen LogP) is 2.95. The molecule has 0 unspecified atom stereocenters. The zero-order valence-electron chi connectivity index (χ0n) is 16.2. The minimum absolute atomic E-state index is 0.165. The van der Waals surface area contributed by atoms with E-state index >= 15 is 0 Å². The standard InChI is InChI=1S/C21H23N3O5/c1-2-27-20(25)16-5-3-4-6-17(16)23-9-11-24(12-10-23)21(26)22-15-7-8-18-19(13-15)29-14-28-18/h3-8,13H,2,9-12,14H2,1H3,(H,22,26). The second kappa shape index (κ2) is 8.30. The van der Waals surface area contributed by atoms with Gasteiger partial charge in [0.05, 0.1) is 17.9 Å². The molecule has 2 amide bonds. The highest BCUT2D eigenvalue weighted by atomic mass is 16.7. The van der Waals surface area contributed by atoms with Crippen molar-refractivity contribution in [3.05, 3.63) is 48.0 Å². The Hall–Kier alpha value is -3.42. The molecule has 2 aliphatic heterocycles. The number of nitrogens with one attached hydrogen (secondary N) is 1. The molecule has 0 atom stereocenters. The summed E-state index contributed by atoms with van der Waals surface area (Å²) in [6.07, 6.45) is 0. The average molecular weight is 397 g/mol. The molecular weight excluding hydrogens is 374 g/mol. The third-order valence-corrected chi connectivity index (χ3v) is 4.93. The lowest BCUT2D eigenvalue weighted by atomic mass is 10.1. The number of para-hydroxylation sites is 1. The number of esters is 1. The molecule has 1 N–H and O–H groups in total. The van der Waals surface area contributed by atoms with Crippen LogP contribution in [0.3, 0.4) is 0 Å². The van der Waals surface area contributed by atoms with Crippen LogP contribution in [0.5, 0.6) is 11.5 Å². The summed E-state index contributed by atoms with van der Waals surface area (Å²) < 4.78 is 15.8. The lowest BCUT2D eigenvalue weighted by Gasteiger charge is -2.36. The second-order valence-corrected chi connectivity index (χ2v) is 6.71. The number of piperazine rings is 1. The summed E-state index contributed by atoms with van der Waals surface area (Å²) in [5, 5.41) is 2.90. The van der Waals surface area contributed by atoms with E-state index in [0.717, 1.165) is 5.69 Å². The predicted molar refractivity (Wildman–Crippen MR) is 108 cm³/mol. The molecular formula is C21H23N3O5. The number of ether oxygens (including phenoxy) is 3. The molecule has 0 spiro atoms. The van der Waals surface area contributed by atoms with Crippen LogP contribution < -0.4 is 19.7 Å². The first-order valence-corrected chi connectivity index (χ1v) is 9.62. The number of hydrogen-bond acceptors (Lipinski definition) is 6. The minimum atomic E-state index is -0.328. The van der Waals surface area contributed by atoms with Crippen molar-refractivity contribution >= 4 is 23.4 Å². The van der Waals surface area contributed by atoms with Crippen molar-refractivity contribution in [3.8, 4) is 11.5 Å². The smallest absolute Gasteiger partial charge is 0.340 e. The van der Waals surface area contributed by atoms with E-state index in [1.165, 1.54) is 0 Å². The first kappa shape index (κ1) is 18.9. The molecule has 2 heterocycles. The van der Waals surface area contributed by atoms with Gasteiger partial charge in [-0.25, -0.2) is 9.59 Å². The van der Waals surface area contributed by atoms with Gasteiger partial charge in [-0.05, 0) is 31.2 Å². The van der Waals surface area contributed by atoms with E-state index in [-0.39, 0.29) is 18.8 Å². The van der Waals surface area contributed by atoms with Gasteiger partial charge in [0.1, 0.15) is 0 Å². The van der Waals surface area contributed by atoms with Gasteiger partial charge in [0.25, 0.3) is 0 Å². The van der Waals surface area contributed by atoms with Gasteiger partial charge < -0.3 is 29.3 Å². The zero-order valence-corrected chi connectivity index (χ0v) is 16.2. The third kappa shape index (κ3) is 4.06. The highest BCUT2D eigenvalue weighted by Gasteiger charge is 2.25. The number of hydrogen-bond donors (Lipinski definition) is 1. The van der Waals surface area contributed by atoms with Crippen LogP contribution in [0.25, 0.3) is 0 Å². The van der Waals surface area contributed by atoms with E-state index in [1.54, 1.807) is 36.1 Å².